The lowest BCUT2D eigenvalue weighted by molar-refractivity contribution is 0.333. The Morgan fingerprint density at radius 1 is 1.21 bits per heavy atom. The highest BCUT2D eigenvalue weighted by atomic mass is 35.5. The monoisotopic (exact) mass is 413 g/mol. The standard InChI is InChI=1S/C22H21Cl2N3O/c1-2-22-6-5-13(24)10-17(22)16-11-15-14-9-12(23)3-4-18(14)26-19(15)21(20(16)27-22)28-8-7-25/h3-6,9-11,17,26-27H,2,7-8,25H2,1H3. The highest BCUT2D eigenvalue weighted by molar-refractivity contribution is 6.32. The van der Waals surface area contributed by atoms with Crippen LogP contribution in [-0.2, 0) is 0 Å². The summed E-state index contributed by atoms with van der Waals surface area (Å²) in [6.45, 7) is 3.08. The van der Waals surface area contributed by atoms with Crippen molar-refractivity contribution in [3.63, 3.8) is 0 Å². The number of H-pyrrole nitrogens is 1. The highest BCUT2D eigenvalue weighted by Crippen LogP contribution is 2.54. The highest BCUT2D eigenvalue weighted by Gasteiger charge is 2.45. The molecule has 1 aliphatic heterocycles. The van der Waals surface area contributed by atoms with Crippen molar-refractivity contribution in [3.05, 3.63) is 58.1 Å². The van der Waals surface area contributed by atoms with Crippen molar-refractivity contribution < 1.29 is 4.74 Å². The van der Waals surface area contributed by atoms with E-state index in [9.17, 15) is 0 Å². The summed E-state index contributed by atoms with van der Waals surface area (Å²) in [5.74, 6) is 0.948. The number of hydrogen-bond acceptors (Lipinski definition) is 3. The fraction of sp³-hybridized carbons (Fsp3) is 0.273. The first kappa shape index (κ1) is 17.9. The van der Waals surface area contributed by atoms with E-state index in [4.69, 9.17) is 33.7 Å². The molecule has 0 radical (unpaired) electrons. The topological polar surface area (TPSA) is 63.1 Å². The number of ether oxygens (including phenoxy) is 1. The molecule has 0 saturated heterocycles. The molecule has 2 heterocycles. The van der Waals surface area contributed by atoms with Gasteiger partial charge in [0.2, 0.25) is 0 Å². The van der Waals surface area contributed by atoms with E-state index in [2.05, 4.69) is 35.4 Å². The molecule has 6 heteroatoms. The van der Waals surface area contributed by atoms with Crippen molar-refractivity contribution in [2.75, 3.05) is 18.5 Å². The number of anilines is 1. The van der Waals surface area contributed by atoms with Gasteiger partial charge in [0.15, 0.2) is 5.75 Å². The largest absolute Gasteiger partial charge is 0.488 e. The van der Waals surface area contributed by atoms with E-state index < -0.39 is 0 Å². The number of rotatable bonds is 4. The maximum atomic E-state index is 6.38. The van der Waals surface area contributed by atoms with Gasteiger partial charge >= 0.3 is 0 Å². The minimum Gasteiger partial charge on any atom is -0.488 e. The van der Waals surface area contributed by atoms with Crippen LogP contribution in [-0.4, -0.2) is 23.7 Å². The van der Waals surface area contributed by atoms with Crippen LogP contribution in [0.4, 0.5) is 5.69 Å². The lowest BCUT2D eigenvalue weighted by atomic mass is 9.78. The van der Waals surface area contributed by atoms with Crippen LogP contribution in [0.25, 0.3) is 21.8 Å². The third-order valence-electron chi connectivity index (χ3n) is 5.91. The van der Waals surface area contributed by atoms with Crippen molar-refractivity contribution in [1.82, 2.24) is 4.98 Å². The summed E-state index contributed by atoms with van der Waals surface area (Å²) >= 11 is 12.7. The molecule has 0 fully saturated rings. The number of hydrogen-bond donors (Lipinski definition) is 3. The second-order valence-electron chi connectivity index (χ2n) is 7.43. The first-order valence-electron chi connectivity index (χ1n) is 9.52. The molecule has 1 aliphatic carbocycles. The van der Waals surface area contributed by atoms with Crippen molar-refractivity contribution >= 4 is 50.7 Å². The minimum absolute atomic E-state index is 0.138. The molecule has 2 unspecified atom stereocenters. The Balaban J connectivity index is 1.83. The van der Waals surface area contributed by atoms with Crippen LogP contribution in [0.15, 0.2) is 47.5 Å². The van der Waals surface area contributed by atoms with Gasteiger partial charge in [0.05, 0.1) is 16.7 Å². The molecular formula is C22H21Cl2N3O. The van der Waals surface area contributed by atoms with E-state index in [1.54, 1.807) is 0 Å². The van der Waals surface area contributed by atoms with E-state index in [-0.39, 0.29) is 11.5 Å². The number of halogens is 2. The Labute approximate surface area is 173 Å². The number of aromatic amines is 1. The predicted octanol–water partition coefficient (Wildman–Crippen LogP) is 5.66. The molecule has 144 valence electrons. The van der Waals surface area contributed by atoms with Gasteiger partial charge in [-0.1, -0.05) is 42.3 Å². The van der Waals surface area contributed by atoms with Crippen LogP contribution in [0.1, 0.15) is 24.8 Å². The van der Waals surface area contributed by atoms with Gasteiger partial charge in [0, 0.05) is 38.8 Å². The summed E-state index contributed by atoms with van der Waals surface area (Å²) in [6.07, 6.45) is 7.21. The quantitative estimate of drug-likeness (QED) is 0.516. The van der Waals surface area contributed by atoms with Crippen LogP contribution in [0.5, 0.6) is 5.75 Å². The van der Waals surface area contributed by atoms with Gasteiger partial charge < -0.3 is 20.8 Å². The van der Waals surface area contributed by atoms with E-state index in [1.165, 1.54) is 5.56 Å². The van der Waals surface area contributed by atoms with Crippen LogP contribution in [0.3, 0.4) is 0 Å². The van der Waals surface area contributed by atoms with Crippen molar-refractivity contribution in [1.29, 1.82) is 0 Å². The molecular weight excluding hydrogens is 393 g/mol. The summed E-state index contributed by atoms with van der Waals surface area (Å²) < 4.78 is 6.16. The van der Waals surface area contributed by atoms with E-state index >= 15 is 0 Å². The van der Waals surface area contributed by atoms with Gasteiger partial charge in [-0.25, -0.2) is 0 Å². The van der Waals surface area contributed by atoms with Gasteiger partial charge in [-0.15, -0.1) is 0 Å². The molecule has 1 aromatic heterocycles. The van der Waals surface area contributed by atoms with Crippen LogP contribution in [0, 0.1) is 0 Å². The van der Waals surface area contributed by atoms with E-state index in [1.807, 2.05) is 24.3 Å². The zero-order chi connectivity index (χ0) is 19.5. The molecule has 2 atom stereocenters. The second-order valence-corrected chi connectivity index (χ2v) is 8.30. The van der Waals surface area contributed by atoms with Gasteiger partial charge in [-0.3, -0.25) is 0 Å². The summed E-state index contributed by atoms with van der Waals surface area (Å²) in [4.78, 5) is 3.51. The molecule has 2 aliphatic rings. The number of aromatic nitrogens is 1. The zero-order valence-electron chi connectivity index (χ0n) is 15.5. The van der Waals surface area contributed by atoms with Crippen LogP contribution < -0.4 is 15.8 Å². The lowest BCUT2D eigenvalue weighted by Crippen LogP contribution is -2.37. The maximum absolute atomic E-state index is 6.38. The summed E-state index contributed by atoms with van der Waals surface area (Å²) in [5.41, 5.74) is 9.72. The Bertz CT molecular complexity index is 1160. The van der Waals surface area contributed by atoms with Gasteiger partial charge in [-0.2, -0.15) is 0 Å². The molecule has 5 rings (SSSR count). The predicted molar refractivity (Wildman–Crippen MR) is 118 cm³/mol. The molecule has 0 saturated carbocycles. The van der Waals surface area contributed by atoms with Crippen LogP contribution in [0.2, 0.25) is 5.02 Å². The minimum atomic E-state index is -0.201. The lowest BCUT2D eigenvalue weighted by Gasteiger charge is -2.33. The molecule has 2 aromatic carbocycles. The molecule has 3 aromatic rings. The normalized spacial score (nSPS) is 22.9. The average Bonchev–Trinajstić information content (AvgIpc) is 3.21. The number of nitrogens with two attached hydrogens (primary N) is 1. The Morgan fingerprint density at radius 3 is 2.86 bits per heavy atom. The second kappa shape index (κ2) is 6.45. The van der Waals surface area contributed by atoms with Crippen molar-refractivity contribution in [2.45, 2.75) is 24.8 Å². The van der Waals surface area contributed by atoms with Crippen LogP contribution >= 0.6 is 23.2 Å². The molecule has 0 amide bonds. The smallest absolute Gasteiger partial charge is 0.166 e. The number of benzene rings is 2. The molecule has 4 N–H and O–H groups in total. The average molecular weight is 414 g/mol. The SMILES string of the molecule is CCC12C=CC(Cl)=CC1c1cc3c([nH]c4ccc(Cl)cc43)c(OCCN)c1N2. The third-order valence-corrected chi connectivity index (χ3v) is 6.39. The van der Waals surface area contributed by atoms with E-state index in [0.717, 1.165) is 44.7 Å². The van der Waals surface area contributed by atoms with Gasteiger partial charge in [0.25, 0.3) is 0 Å². The Morgan fingerprint density at radius 2 is 2.07 bits per heavy atom. The molecule has 0 bridgehead atoms. The fourth-order valence-corrected chi connectivity index (χ4v) is 4.88. The van der Waals surface area contributed by atoms with Gasteiger partial charge in [0.1, 0.15) is 6.61 Å². The van der Waals surface area contributed by atoms with Gasteiger partial charge in [-0.05, 0) is 42.3 Å². The zero-order valence-corrected chi connectivity index (χ0v) is 17.0. The molecule has 4 nitrogen and oxygen atoms in total. The summed E-state index contributed by atoms with van der Waals surface area (Å²) in [7, 11) is 0. The number of allylic oxidation sites excluding steroid dienone is 2. The van der Waals surface area contributed by atoms with Crippen molar-refractivity contribution in [2.24, 2.45) is 5.73 Å². The third kappa shape index (κ3) is 2.48. The Kier molecular flexibility index (Phi) is 4.13. The maximum Gasteiger partial charge on any atom is 0.166 e. The first-order valence-corrected chi connectivity index (χ1v) is 10.3. The summed E-state index contributed by atoms with van der Waals surface area (Å²) in [5, 5.41) is 7.39. The summed E-state index contributed by atoms with van der Waals surface area (Å²) in [6, 6.07) is 8.12. The number of nitrogens with one attached hydrogen (secondary N) is 2. The fourth-order valence-electron chi connectivity index (χ4n) is 4.52. The van der Waals surface area contributed by atoms with E-state index in [0.29, 0.717) is 18.2 Å². The Hall–Kier alpha value is -2.14. The van der Waals surface area contributed by atoms with Crippen molar-refractivity contribution in [3.8, 4) is 5.75 Å². The number of fused-ring (bicyclic) bond motifs is 6. The molecule has 0 spiro atoms. The molecule has 28 heavy (non-hydrogen) atoms. The first-order chi connectivity index (χ1) is 13.6.